The standard InChI is InChI=1S/C21H20F2OS/c1-2-5-17(18-12-19(22)14-20(23)13-18)6-3-4-11-25-21-9-7-16(15-24)8-10-21/h2,5,7-10,12-15H,1,3-4,6,11H2/b17-5-. The van der Waals surface area contributed by atoms with E-state index in [0.29, 0.717) is 11.1 Å². The van der Waals surface area contributed by atoms with Gasteiger partial charge in [-0.25, -0.2) is 8.78 Å². The molecule has 0 radical (unpaired) electrons. The summed E-state index contributed by atoms with van der Waals surface area (Å²) in [6, 6.07) is 11.1. The summed E-state index contributed by atoms with van der Waals surface area (Å²) in [6.45, 7) is 3.68. The van der Waals surface area contributed by atoms with E-state index in [9.17, 15) is 13.6 Å². The van der Waals surface area contributed by atoms with Crippen molar-refractivity contribution in [3.8, 4) is 0 Å². The van der Waals surface area contributed by atoms with Crippen LogP contribution in [0, 0.1) is 11.6 Å². The molecule has 0 aliphatic carbocycles. The zero-order valence-corrected chi connectivity index (χ0v) is 14.7. The Morgan fingerprint density at radius 3 is 2.32 bits per heavy atom. The third kappa shape index (κ3) is 6.31. The average molecular weight is 358 g/mol. The van der Waals surface area contributed by atoms with Crippen LogP contribution in [0.5, 0.6) is 0 Å². The van der Waals surface area contributed by atoms with Crippen molar-refractivity contribution < 1.29 is 13.6 Å². The molecule has 2 aromatic carbocycles. The second-order valence-corrected chi connectivity index (χ2v) is 6.75. The molecular formula is C21H20F2OS. The van der Waals surface area contributed by atoms with E-state index >= 15 is 0 Å². The summed E-state index contributed by atoms with van der Waals surface area (Å²) >= 11 is 1.73. The molecule has 4 heteroatoms. The minimum atomic E-state index is -0.570. The smallest absolute Gasteiger partial charge is 0.150 e. The number of allylic oxidation sites excluding steroid dienone is 3. The molecule has 0 saturated carbocycles. The van der Waals surface area contributed by atoms with Gasteiger partial charge in [-0.2, -0.15) is 0 Å². The molecule has 0 aromatic heterocycles. The zero-order valence-electron chi connectivity index (χ0n) is 13.9. The summed E-state index contributed by atoms with van der Waals surface area (Å²) in [4.78, 5) is 11.8. The highest BCUT2D eigenvalue weighted by molar-refractivity contribution is 7.99. The first kappa shape index (κ1) is 19.1. The molecule has 2 aromatic rings. The van der Waals surface area contributed by atoms with E-state index in [2.05, 4.69) is 6.58 Å². The van der Waals surface area contributed by atoms with Crippen molar-refractivity contribution in [1.29, 1.82) is 0 Å². The van der Waals surface area contributed by atoms with Gasteiger partial charge in [-0.05, 0) is 60.4 Å². The second-order valence-electron chi connectivity index (χ2n) is 5.58. The van der Waals surface area contributed by atoms with E-state index < -0.39 is 11.6 Å². The van der Waals surface area contributed by atoms with E-state index in [0.717, 1.165) is 47.8 Å². The van der Waals surface area contributed by atoms with Gasteiger partial charge in [0.15, 0.2) is 0 Å². The summed E-state index contributed by atoms with van der Waals surface area (Å²) in [5.74, 6) is -0.196. The summed E-state index contributed by atoms with van der Waals surface area (Å²) in [7, 11) is 0. The molecule has 0 aliphatic rings. The van der Waals surface area contributed by atoms with Gasteiger partial charge in [-0.3, -0.25) is 4.79 Å². The van der Waals surface area contributed by atoms with Crippen molar-refractivity contribution in [1.82, 2.24) is 0 Å². The molecule has 25 heavy (non-hydrogen) atoms. The lowest BCUT2D eigenvalue weighted by Crippen LogP contribution is -1.91. The maximum atomic E-state index is 13.4. The van der Waals surface area contributed by atoms with Crippen molar-refractivity contribution in [2.75, 3.05) is 5.75 Å². The number of unbranched alkanes of at least 4 members (excludes halogenated alkanes) is 1. The predicted octanol–water partition coefficient (Wildman–Crippen LogP) is 6.31. The topological polar surface area (TPSA) is 17.1 Å². The van der Waals surface area contributed by atoms with Gasteiger partial charge in [0.2, 0.25) is 0 Å². The number of carbonyl (C=O) groups excluding carboxylic acids is 1. The lowest BCUT2D eigenvalue weighted by atomic mass is 9.99. The molecule has 0 heterocycles. The van der Waals surface area contributed by atoms with E-state index in [4.69, 9.17) is 0 Å². The van der Waals surface area contributed by atoms with Crippen LogP contribution in [0.15, 0.2) is 66.1 Å². The molecule has 0 bridgehead atoms. The fourth-order valence-corrected chi connectivity index (χ4v) is 3.37. The van der Waals surface area contributed by atoms with Gasteiger partial charge in [0, 0.05) is 16.5 Å². The number of thioether (sulfide) groups is 1. The third-order valence-electron chi connectivity index (χ3n) is 3.68. The molecule has 0 unspecified atom stereocenters. The normalized spacial score (nSPS) is 11.4. The van der Waals surface area contributed by atoms with Crippen molar-refractivity contribution in [2.45, 2.75) is 24.2 Å². The first-order valence-corrected chi connectivity index (χ1v) is 9.07. The van der Waals surface area contributed by atoms with Crippen molar-refractivity contribution in [3.05, 3.63) is 84.0 Å². The highest BCUT2D eigenvalue weighted by Gasteiger charge is 2.06. The average Bonchev–Trinajstić information content (AvgIpc) is 2.60. The Balaban J connectivity index is 1.84. The largest absolute Gasteiger partial charge is 0.298 e. The second kappa shape index (κ2) is 9.94. The van der Waals surface area contributed by atoms with Crippen LogP contribution in [0.1, 0.15) is 35.2 Å². The quantitative estimate of drug-likeness (QED) is 0.226. The highest BCUT2D eigenvalue weighted by atomic mass is 32.2. The Morgan fingerprint density at radius 1 is 1.04 bits per heavy atom. The number of halogens is 2. The van der Waals surface area contributed by atoms with Crippen LogP contribution in [0.4, 0.5) is 8.78 Å². The van der Waals surface area contributed by atoms with E-state index in [1.807, 2.05) is 12.1 Å². The molecule has 0 amide bonds. The predicted molar refractivity (Wildman–Crippen MR) is 101 cm³/mol. The molecule has 0 fully saturated rings. The van der Waals surface area contributed by atoms with Crippen LogP contribution in [0.3, 0.4) is 0 Å². The van der Waals surface area contributed by atoms with Gasteiger partial charge in [-0.15, -0.1) is 11.8 Å². The Labute approximate surface area is 151 Å². The van der Waals surface area contributed by atoms with Gasteiger partial charge in [0.05, 0.1) is 0 Å². The van der Waals surface area contributed by atoms with Crippen molar-refractivity contribution in [3.63, 3.8) is 0 Å². The van der Waals surface area contributed by atoms with Crippen molar-refractivity contribution >= 4 is 23.6 Å². The van der Waals surface area contributed by atoms with Crippen LogP contribution in [-0.2, 0) is 0 Å². The van der Waals surface area contributed by atoms with Gasteiger partial charge in [0.1, 0.15) is 17.9 Å². The van der Waals surface area contributed by atoms with Gasteiger partial charge in [0.25, 0.3) is 0 Å². The van der Waals surface area contributed by atoms with E-state index in [1.54, 1.807) is 36.0 Å². The molecular weight excluding hydrogens is 338 g/mol. The minimum absolute atomic E-state index is 0.564. The molecule has 0 saturated heterocycles. The van der Waals surface area contributed by atoms with Crippen LogP contribution < -0.4 is 0 Å². The Hall–Kier alpha value is -2.20. The Bertz CT molecular complexity index is 731. The first-order chi connectivity index (χ1) is 12.1. The monoisotopic (exact) mass is 358 g/mol. The lowest BCUT2D eigenvalue weighted by molar-refractivity contribution is 0.112. The van der Waals surface area contributed by atoms with Crippen molar-refractivity contribution in [2.24, 2.45) is 0 Å². The highest BCUT2D eigenvalue weighted by Crippen LogP contribution is 2.25. The molecule has 0 N–H and O–H groups in total. The van der Waals surface area contributed by atoms with Crippen LogP contribution in [-0.4, -0.2) is 12.0 Å². The number of carbonyl (C=O) groups is 1. The number of hydrogen-bond donors (Lipinski definition) is 0. The Kier molecular flexibility index (Phi) is 7.61. The molecule has 130 valence electrons. The molecule has 0 aliphatic heterocycles. The SMILES string of the molecule is C=C/C=C(/CCCCSc1ccc(C=O)cc1)c1cc(F)cc(F)c1. The van der Waals surface area contributed by atoms with Crippen LogP contribution >= 0.6 is 11.8 Å². The van der Waals surface area contributed by atoms with Gasteiger partial charge in [-0.1, -0.05) is 30.9 Å². The Morgan fingerprint density at radius 2 is 1.72 bits per heavy atom. The summed E-state index contributed by atoms with van der Waals surface area (Å²) in [5, 5.41) is 0. The maximum Gasteiger partial charge on any atom is 0.150 e. The summed E-state index contributed by atoms with van der Waals surface area (Å²) in [5.41, 5.74) is 2.12. The fraction of sp³-hybridized carbons (Fsp3) is 0.190. The van der Waals surface area contributed by atoms with E-state index in [-0.39, 0.29) is 0 Å². The molecule has 1 nitrogen and oxygen atoms in total. The first-order valence-electron chi connectivity index (χ1n) is 8.08. The summed E-state index contributed by atoms with van der Waals surface area (Å²) < 4.78 is 26.8. The maximum absolute atomic E-state index is 13.4. The van der Waals surface area contributed by atoms with Gasteiger partial charge >= 0.3 is 0 Å². The number of benzene rings is 2. The lowest BCUT2D eigenvalue weighted by Gasteiger charge is -2.08. The van der Waals surface area contributed by atoms with E-state index in [1.165, 1.54) is 12.1 Å². The number of rotatable bonds is 9. The number of hydrogen-bond acceptors (Lipinski definition) is 2. The minimum Gasteiger partial charge on any atom is -0.298 e. The van der Waals surface area contributed by atoms with Crippen LogP contribution in [0.2, 0.25) is 0 Å². The molecule has 0 spiro atoms. The number of aldehydes is 1. The molecule has 0 atom stereocenters. The zero-order chi connectivity index (χ0) is 18.1. The summed E-state index contributed by atoms with van der Waals surface area (Å²) in [6.07, 6.45) is 6.90. The van der Waals surface area contributed by atoms with Gasteiger partial charge < -0.3 is 0 Å². The molecule has 2 rings (SSSR count). The third-order valence-corrected chi connectivity index (χ3v) is 4.78. The van der Waals surface area contributed by atoms with Crippen LogP contribution in [0.25, 0.3) is 5.57 Å². The fourth-order valence-electron chi connectivity index (χ4n) is 2.46.